The van der Waals surface area contributed by atoms with Gasteiger partial charge in [-0.2, -0.15) is 0 Å². The highest BCUT2D eigenvalue weighted by molar-refractivity contribution is 5.91. The fourth-order valence-electron chi connectivity index (χ4n) is 3.70. The molecule has 0 bridgehead atoms. The van der Waals surface area contributed by atoms with Crippen LogP contribution in [0, 0.1) is 0 Å². The number of pyridine rings is 1. The lowest BCUT2D eigenvalue weighted by Crippen LogP contribution is -2.49. The molecule has 2 amide bonds. The van der Waals surface area contributed by atoms with E-state index in [1.54, 1.807) is 30.3 Å². The number of carboxylic acid groups (broad SMARTS) is 1. The third kappa shape index (κ3) is 6.29. The second kappa shape index (κ2) is 11.6. The number of carboxylic acids is 1. The van der Waals surface area contributed by atoms with Crippen molar-refractivity contribution >= 4 is 29.8 Å². The summed E-state index contributed by atoms with van der Waals surface area (Å²) in [6.07, 6.45) is 0.873. The fourth-order valence-corrected chi connectivity index (χ4v) is 3.70. The van der Waals surface area contributed by atoms with Crippen LogP contribution in [0.25, 0.3) is 11.3 Å². The highest BCUT2D eigenvalue weighted by atomic mass is 16.4. The second-order valence-corrected chi connectivity index (χ2v) is 7.85. The van der Waals surface area contributed by atoms with Crippen LogP contribution in [0.4, 0.5) is 5.69 Å². The van der Waals surface area contributed by atoms with E-state index in [1.165, 1.54) is 12.1 Å². The highest BCUT2D eigenvalue weighted by Gasteiger charge is 2.33. The van der Waals surface area contributed by atoms with Crippen molar-refractivity contribution in [3.05, 3.63) is 88.7 Å². The number of aldehydes is 1. The van der Waals surface area contributed by atoms with Gasteiger partial charge in [0.25, 0.3) is 5.56 Å². The maximum Gasteiger partial charge on any atom is 0.328 e. The first-order valence-corrected chi connectivity index (χ1v) is 10.9. The number of carbonyl (C=O) groups excluding carboxylic acids is 3. The summed E-state index contributed by atoms with van der Waals surface area (Å²) >= 11 is 0. The Hall–Kier alpha value is -4.53. The number of aliphatic carboxylic acids is 1. The third-order valence-electron chi connectivity index (χ3n) is 5.35. The number of hydrogen-bond acceptors (Lipinski definition) is 5. The molecule has 0 fully saturated rings. The molecule has 1 heterocycles. The Balaban J connectivity index is 2.02. The second-order valence-electron chi connectivity index (χ2n) is 7.85. The van der Waals surface area contributed by atoms with Gasteiger partial charge >= 0.3 is 5.97 Å². The van der Waals surface area contributed by atoms with Gasteiger partial charge in [-0.1, -0.05) is 60.7 Å². The van der Waals surface area contributed by atoms with E-state index in [4.69, 9.17) is 0 Å². The summed E-state index contributed by atoms with van der Waals surface area (Å²) in [5.74, 6) is -2.58. The van der Waals surface area contributed by atoms with Gasteiger partial charge in [-0.15, -0.1) is 0 Å². The first kappa shape index (κ1) is 25.1. The number of amides is 2. The zero-order chi connectivity index (χ0) is 25.4. The standard InChI is InChI=1S/C26H25N3O6/c1-17(31)27-24(26(34)35)22(16-30)29-21(19-10-6-3-7-11-19)14-13-20(25(29)33)28-23(32)15-12-18-8-4-2-5-9-18/h2-11,13-14,16,22,24H,12,15H2,1H3,(H,27,31)(H,28,32)(H,34,35)/t22?,24-/m0/s1. The van der Waals surface area contributed by atoms with Crippen molar-refractivity contribution in [3.63, 3.8) is 0 Å². The first-order chi connectivity index (χ1) is 16.8. The van der Waals surface area contributed by atoms with Gasteiger partial charge in [0.1, 0.15) is 18.0 Å². The molecule has 0 aliphatic rings. The van der Waals surface area contributed by atoms with E-state index in [0.717, 1.165) is 17.1 Å². The van der Waals surface area contributed by atoms with Crippen molar-refractivity contribution in [1.82, 2.24) is 9.88 Å². The van der Waals surface area contributed by atoms with Gasteiger partial charge in [0.15, 0.2) is 6.04 Å². The SMILES string of the molecule is CC(=O)N[C@H](C(=O)O)C(C=O)n1c(-c2ccccc2)ccc(NC(=O)CCc2ccccc2)c1=O. The molecule has 3 aromatic rings. The average Bonchev–Trinajstić information content (AvgIpc) is 2.85. The lowest BCUT2D eigenvalue weighted by atomic mass is 10.0. The number of nitrogens with one attached hydrogen (secondary N) is 2. The van der Waals surface area contributed by atoms with E-state index in [-0.39, 0.29) is 17.8 Å². The largest absolute Gasteiger partial charge is 0.480 e. The van der Waals surface area contributed by atoms with Crippen molar-refractivity contribution in [1.29, 1.82) is 0 Å². The van der Waals surface area contributed by atoms with Crippen LogP contribution in [0.1, 0.15) is 24.9 Å². The van der Waals surface area contributed by atoms with Gasteiger partial charge in [0.05, 0.1) is 5.69 Å². The predicted molar refractivity (Wildman–Crippen MR) is 130 cm³/mol. The lowest BCUT2D eigenvalue weighted by molar-refractivity contribution is -0.144. The molecule has 0 saturated carbocycles. The van der Waals surface area contributed by atoms with Crippen LogP contribution in [-0.4, -0.2) is 39.8 Å². The van der Waals surface area contributed by atoms with Gasteiger partial charge in [0, 0.05) is 13.3 Å². The summed E-state index contributed by atoms with van der Waals surface area (Å²) in [5, 5.41) is 14.5. The first-order valence-electron chi connectivity index (χ1n) is 10.9. The Morgan fingerprint density at radius 3 is 2.17 bits per heavy atom. The zero-order valence-corrected chi connectivity index (χ0v) is 19.0. The molecular formula is C26H25N3O6. The number of rotatable bonds is 10. The van der Waals surface area contributed by atoms with Gasteiger partial charge in [0.2, 0.25) is 11.8 Å². The summed E-state index contributed by atoms with van der Waals surface area (Å²) in [6.45, 7) is 1.11. The molecule has 0 saturated heterocycles. The molecule has 0 spiro atoms. The number of aromatic nitrogens is 1. The summed E-state index contributed by atoms with van der Waals surface area (Å²) in [4.78, 5) is 61.6. The molecule has 9 heteroatoms. The van der Waals surface area contributed by atoms with Crippen LogP contribution in [0.15, 0.2) is 77.6 Å². The van der Waals surface area contributed by atoms with Gasteiger partial charge in [-0.3, -0.25) is 19.0 Å². The molecule has 9 nitrogen and oxygen atoms in total. The number of nitrogens with zero attached hydrogens (tertiary/aromatic N) is 1. The fraction of sp³-hybridized carbons (Fsp3) is 0.192. The summed E-state index contributed by atoms with van der Waals surface area (Å²) in [6, 6.07) is 17.6. The lowest BCUT2D eigenvalue weighted by Gasteiger charge is -2.25. The van der Waals surface area contributed by atoms with Crippen molar-refractivity contribution in [2.45, 2.75) is 31.8 Å². The number of hydrogen-bond donors (Lipinski definition) is 3. The summed E-state index contributed by atoms with van der Waals surface area (Å²) < 4.78 is 0.990. The van der Waals surface area contributed by atoms with E-state index < -0.39 is 35.4 Å². The third-order valence-corrected chi connectivity index (χ3v) is 5.35. The van der Waals surface area contributed by atoms with E-state index >= 15 is 0 Å². The Morgan fingerprint density at radius 1 is 0.971 bits per heavy atom. The van der Waals surface area contributed by atoms with Gasteiger partial charge < -0.3 is 20.5 Å². The topological polar surface area (TPSA) is 135 Å². The molecule has 0 aliphatic carbocycles. The highest BCUT2D eigenvalue weighted by Crippen LogP contribution is 2.24. The zero-order valence-electron chi connectivity index (χ0n) is 19.0. The molecule has 1 unspecified atom stereocenters. The van der Waals surface area contributed by atoms with Crippen LogP contribution < -0.4 is 16.2 Å². The number of benzene rings is 2. The van der Waals surface area contributed by atoms with Crippen molar-refractivity contribution in [2.24, 2.45) is 0 Å². The van der Waals surface area contributed by atoms with Crippen molar-refractivity contribution in [3.8, 4) is 11.3 Å². The smallest absolute Gasteiger partial charge is 0.328 e. The van der Waals surface area contributed by atoms with Crippen LogP contribution in [0.5, 0.6) is 0 Å². The van der Waals surface area contributed by atoms with Crippen LogP contribution in [-0.2, 0) is 25.6 Å². The minimum absolute atomic E-state index is 0.110. The number of anilines is 1. The van der Waals surface area contributed by atoms with Crippen LogP contribution in [0.2, 0.25) is 0 Å². The minimum Gasteiger partial charge on any atom is -0.480 e. The minimum atomic E-state index is -1.70. The molecule has 3 N–H and O–H groups in total. The Bertz CT molecular complexity index is 1270. The van der Waals surface area contributed by atoms with Gasteiger partial charge in [-0.25, -0.2) is 4.79 Å². The molecule has 1 aromatic heterocycles. The summed E-state index contributed by atoms with van der Waals surface area (Å²) in [5.41, 5.74) is 0.881. The number of carbonyl (C=O) groups is 4. The van der Waals surface area contributed by atoms with Crippen LogP contribution >= 0.6 is 0 Å². The van der Waals surface area contributed by atoms with E-state index in [2.05, 4.69) is 10.6 Å². The Labute approximate surface area is 201 Å². The van der Waals surface area contributed by atoms with Gasteiger partial charge in [-0.05, 0) is 29.7 Å². The normalized spacial score (nSPS) is 12.3. The molecule has 2 atom stereocenters. The van der Waals surface area contributed by atoms with E-state index in [1.807, 2.05) is 30.3 Å². The molecule has 3 rings (SSSR count). The molecule has 0 radical (unpaired) electrons. The summed E-state index contributed by atoms with van der Waals surface area (Å²) in [7, 11) is 0. The predicted octanol–water partition coefficient (Wildman–Crippen LogP) is 2.42. The molecule has 0 aliphatic heterocycles. The maximum atomic E-state index is 13.5. The quantitative estimate of drug-likeness (QED) is 0.386. The molecule has 35 heavy (non-hydrogen) atoms. The molecular weight excluding hydrogens is 450 g/mol. The Morgan fingerprint density at radius 2 is 1.60 bits per heavy atom. The van der Waals surface area contributed by atoms with Crippen LogP contribution in [0.3, 0.4) is 0 Å². The maximum absolute atomic E-state index is 13.5. The Kier molecular flexibility index (Phi) is 8.29. The van der Waals surface area contributed by atoms with E-state index in [0.29, 0.717) is 18.3 Å². The molecule has 2 aromatic carbocycles. The monoisotopic (exact) mass is 475 g/mol. The van der Waals surface area contributed by atoms with E-state index in [9.17, 15) is 29.1 Å². The van der Waals surface area contributed by atoms with Crippen molar-refractivity contribution in [2.75, 3.05) is 5.32 Å². The molecule has 180 valence electrons. The average molecular weight is 476 g/mol. The van der Waals surface area contributed by atoms with Crippen molar-refractivity contribution < 1.29 is 24.3 Å². The number of aryl methyl sites for hydroxylation is 1.